The van der Waals surface area contributed by atoms with Crippen LogP contribution < -0.4 is 5.32 Å². The van der Waals surface area contributed by atoms with Gasteiger partial charge in [0, 0.05) is 22.9 Å². The van der Waals surface area contributed by atoms with Gasteiger partial charge in [0.15, 0.2) is 0 Å². The summed E-state index contributed by atoms with van der Waals surface area (Å²) < 4.78 is 4.92. The summed E-state index contributed by atoms with van der Waals surface area (Å²) in [6.07, 6.45) is 3.36. The fraction of sp³-hybridized carbons (Fsp3) is 0.438. The molecular weight excluding hydrogens is 252 g/mol. The number of aromatic amines is 1. The summed E-state index contributed by atoms with van der Waals surface area (Å²) in [4.78, 5) is 15.2. The summed E-state index contributed by atoms with van der Waals surface area (Å²) in [5.74, 6) is 0.303. The molecule has 0 saturated carbocycles. The minimum absolute atomic E-state index is 0.267. The molecule has 0 radical (unpaired) electrons. The van der Waals surface area contributed by atoms with Gasteiger partial charge in [-0.15, -0.1) is 0 Å². The Hall–Kier alpha value is -1.81. The number of nitrogens with one attached hydrogen (secondary N) is 2. The fourth-order valence-electron chi connectivity index (χ4n) is 3.90. The monoisotopic (exact) mass is 270 g/mol. The number of piperidine rings is 1. The van der Waals surface area contributed by atoms with Gasteiger partial charge in [-0.05, 0) is 43.0 Å². The van der Waals surface area contributed by atoms with E-state index in [9.17, 15) is 4.79 Å². The number of methoxy groups -OCH3 is 1. The molecule has 2 N–H and O–H groups in total. The summed E-state index contributed by atoms with van der Waals surface area (Å²) >= 11 is 0. The van der Waals surface area contributed by atoms with Gasteiger partial charge in [0.25, 0.3) is 0 Å². The van der Waals surface area contributed by atoms with Crippen molar-refractivity contribution >= 4 is 16.9 Å². The summed E-state index contributed by atoms with van der Waals surface area (Å²) in [6, 6.07) is 6.78. The number of aromatic nitrogens is 1. The third kappa shape index (κ3) is 1.54. The lowest BCUT2D eigenvalue weighted by Crippen LogP contribution is -2.43. The molecule has 1 saturated heterocycles. The summed E-state index contributed by atoms with van der Waals surface area (Å²) in [7, 11) is 1.44. The van der Waals surface area contributed by atoms with Crippen molar-refractivity contribution < 1.29 is 9.53 Å². The molecule has 1 aromatic carbocycles. The minimum atomic E-state index is -0.267. The fourth-order valence-corrected chi connectivity index (χ4v) is 3.90. The van der Waals surface area contributed by atoms with Crippen molar-refractivity contribution in [2.45, 2.75) is 31.2 Å². The number of hydrogen-bond donors (Lipinski definition) is 2. The molecule has 2 aliphatic rings. The average Bonchev–Trinajstić information content (AvgIpc) is 2.87. The van der Waals surface area contributed by atoms with Crippen LogP contribution in [-0.2, 0) is 11.2 Å². The Labute approximate surface area is 117 Å². The molecule has 0 unspecified atom stereocenters. The first-order valence-electron chi connectivity index (χ1n) is 7.24. The van der Waals surface area contributed by atoms with E-state index in [1.807, 2.05) is 6.07 Å². The first-order chi connectivity index (χ1) is 9.79. The molecule has 2 atom stereocenters. The van der Waals surface area contributed by atoms with Crippen LogP contribution in [0.1, 0.15) is 40.4 Å². The Balaban J connectivity index is 1.96. The number of rotatable bonds is 1. The third-order valence-electron chi connectivity index (χ3n) is 4.76. The number of H-pyrrole nitrogens is 1. The van der Waals surface area contributed by atoms with E-state index in [-0.39, 0.29) is 5.97 Å². The maximum Gasteiger partial charge on any atom is 0.354 e. The number of hydrogen-bond acceptors (Lipinski definition) is 3. The molecule has 1 fully saturated rings. The van der Waals surface area contributed by atoms with Gasteiger partial charge in [0.1, 0.15) is 5.69 Å². The molecule has 104 valence electrons. The second-order valence-corrected chi connectivity index (χ2v) is 5.75. The maximum atomic E-state index is 12.0. The van der Waals surface area contributed by atoms with E-state index in [2.05, 4.69) is 22.4 Å². The molecule has 2 heterocycles. The lowest BCUT2D eigenvalue weighted by Gasteiger charge is -2.36. The topological polar surface area (TPSA) is 54.1 Å². The van der Waals surface area contributed by atoms with Gasteiger partial charge in [-0.1, -0.05) is 12.1 Å². The van der Waals surface area contributed by atoms with Crippen LogP contribution in [0.4, 0.5) is 0 Å². The maximum absolute atomic E-state index is 12.0. The number of fused-ring (bicyclic) bond motifs is 2. The highest BCUT2D eigenvalue weighted by Crippen LogP contribution is 2.41. The van der Waals surface area contributed by atoms with Gasteiger partial charge in [-0.2, -0.15) is 0 Å². The highest BCUT2D eigenvalue weighted by molar-refractivity contribution is 6.00. The lowest BCUT2D eigenvalue weighted by atomic mass is 9.75. The zero-order valence-electron chi connectivity index (χ0n) is 11.5. The van der Waals surface area contributed by atoms with Gasteiger partial charge < -0.3 is 15.0 Å². The second-order valence-electron chi connectivity index (χ2n) is 5.75. The SMILES string of the molecule is COC(=O)c1[nH]c2cccc3c2c1C[C@H]1NCCC[C@@H]31. The Kier molecular flexibility index (Phi) is 2.60. The summed E-state index contributed by atoms with van der Waals surface area (Å²) in [5, 5.41) is 4.86. The van der Waals surface area contributed by atoms with Crippen molar-refractivity contribution in [1.29, 1.82) is 0 Å². The Morgan fingerprint density at radius 2 is 2.30 bits per heavy atom. The van der Waals surface area contributed by atoms with Crippen LogP contribution in [0.3, 0.4) is 0 Å². The van der Waals surface area contributed by atoms with Crippen LogP contribution in [0.15, 0.2) is 18.2 Å². The molecule has 1 aliphatic heterocycles. The van der Waals surface area contributed by atoms with Gasteiger partial charge in [0.2, 0.25) is 0 Å². The van der Waals surface area contributed by atoms with Crippen molar-refractivity contribution in [2.75, 3.05) is 13.7 Å². The van der Waals surface area contributed by atoms with Gasteiger partial charge in [-0.3, -0.25) is 0 Å². The molecule has 0 amide bonds. The summed E-state index contributed by atoms with van der Waals surface area (Å²) in [6.45, 7) is 1.07. The predicted molar refractivity (Wildman–Crippen MR) is 77.1 cm³/mol. The number of ether oxygens (including phenoxy) is 1. The van der Waals surface area contributed by atoms with Crippen LogP contribution in [0, 0.1) is 0 Å². The number of esters is 1. The van der Waals surface area contributed by atoms with Gasteiger partial charge in [0.05, 0.1) is 7.11 Å². The zero-order chi connectivity index (χ0) is 13.7. The molecule has 1 aromatic heterocycles. The van der Waals surface area contributed by atoms with Gasteiger partial charge in [-0.25, -0.2) is 4.79 Å². The lowest BCUT2D eigenvalue weighted by molar-refractivity contribution is 0.0593. The van der Waals surface area contributed by atoms with Crippen molar-refractivity contribution in [3.8, 4) is 0 Å². The van der Waals surface area contributed by atoms with E-state index in [1.54, 1.807) is 0 Å². The van der Waals surface area contributed by atoms with Crippen LogP contribution in [0.5, 0.6) is 0 Å². The van der Waals surface area contributed by atoms with Crippen molar-refractivity contribution in [3.63, 3.8) is 0 Å². The zero-order valence-corrected chi connectivity index (χ0v) is 11.5. The highest BCUT2D eigenvalue weighted by Gasteiger charge is 2.35. The Morgan fingerprint density at radius 3 is 3.15 bits per heavy atom. The largest absolute Gasteiger partial charge is 0.464 e. The summed E-state index contributed by atoms with van der Waals surface area (Å²) in [5.41, 5.74) is 4.19. The van der Waals surface area contributed by atoms with E-state index in [0.29, 0.717) is 17.7 Å². The van der Waals surface area contributed by atoms with E-state index in [4.69, 9.17) is 4.74 Å². The molecule has 4 rings (SSSR count). The standard InChI is InChI=1S/C16H18N2O2/c1-20-16(19)15-11-8-13-9(5-3-7-17-13)10-4-2-6-12(18-15)14(10)11/h2,4,6,9,13,17-18H,3,5,7-8H2,1H3/t9-,13+/m0/s1. The normalized spacial score (nSPS) is 24.4. The second kappa shape index (κ2) is 4.35. The van der Waals surface area contributed by atoms with E-state index < -0.39 is 0 Å². The molecular formula is C16H18N2O2. The van der Waals surface area contributed by atoms with Crippen molar-refractivity contribution in [1.82, 2.24) is 10.3 Å². The van der Waals surface area contributed by atoms with Crippen molar-refractivity contribution in [3.05, 3.63) is 35.0 Å². The molecule has 4 nitrogen and oxygen atoms in total. The quantitative estimate of drug-likeness (QED) is 0.782. The molecule has 0 spiro atoms. The Bertz CT molecular complexity index is 689. The van der Waals surface area contributed by atoms with Crippen LogP contribution in [0.25, 0.3) is 10.9 Å². The predicted octanol–water partition coefficient (Wildman–Crippen LogP) is 2.35. The Morgan fingerprint density at radius 1 is 1.40 bits per heavy atom. The van der Waals surface area contributed by atoms with Crippen LogP contribution >= 0.6 is 0 Å². The minimum Gasteiger partial charge on any atom is -0.464 e. The average molecular weight is 270 g/mol. The number of benzene rings is 1. The first-order valence-corrected chi connectivity index (χ1v) is 7.24. The molecule has 0 bridgehead atoms. The number of carbonyl (C=O) groups is 1. The van der Waals surface area contributed by atoms with E-state index >= 15 is 0 Å². The molecule has 1 aliphatic carbocycles. The molecule has 4 heteroatoms. The molecule has 20 heavy (non-hydrogen) atoms. The van der Waals surface area contributed by atoms with Crippen LogP contribution in [-0.4, -0.2) is 30.6 Å². The smallest absolute Gasteiger partial charge is 0.354 e. The van der Waals surface area contributed by atoms with Crippen LogP contribution in [0.2, 0.25) is 0 Å². The van der Waals surface area contributed by atoms with Gasteiger partial charge >= 0.3 is 5.97 Å². The number of carbonyl (C=O) groups excluding carboxylic acids is 1. The van der Waals surface area contributed by atoms with Crippen molar-refractivity contribution in [2.24, 2.45) is 0 Å². The molecule has 2 aromatic rings. The third-order valence-corrected chi connectivity index (χ3v) is 4.76. The van der Waals surface area contributed by atoms with E-state index in [1.165, 1.54) is 30.9 Å². The highest BCUT2D eigenvalue weighted by atomic mass is 16.5. The first kappa shape index (κ1) is 12.0. The van der Waals surface area contributed by atoms with E-state index in [0.717, 1.165) is 24.0 Å².